The Balaban J connectivity index is 2.10. The summed E-state index contributed by atoms with van der Waals surface area (Å²) in [5, 5.41) is 12.4. The molecule has 110 valence electrons. The minimum atomic E-state index is -0.614. The van der Waals surface area contributed by atoms with E-state index in [2.05, 4.69) is 5.32 Å². The van der Waals surface area contributed by atoms with E-state index >= 15 is 0 Å². The first-order valence-electron chi connectivity index (χ1n) is 6.74. The Morgan fingerprint density at radius 2 is 1.90 bits per heavy atom. The van der Waals surface area contributed by atoms with Gasteiger partial charge in [0.2, 0.25) is 5.91 Å². The standard InChI is InChI=1S/C17H18ClNO2/c1-17(12-18,14-7-3-2-4-8-14)19-16(21)11-13-6-5-9-15(20)10-13/h2-10,20H,11-12H2,1H3,(H,19,21). The summed E-state index contributed by atoms with van der Waals surface area (Å²) in [6, 6.07) is 16.3. The van der Waals surface area contributed by atoms with Crippen LogP contribution >= 0.6 is 11.6 Å². The maximum absolute atomic E-state index is 12.2. The van der Waals surface area contributed by atoms with Crippen molar-refractivity contribution < 1.29 is 9.90 Å². The third-order valence-corrected chi connectivity index (χ3v) is 3.90. The van der Waals surface area contributed by atoms with Gasteiger partial charge in [-0.05, 0) is 30.2 Å². The number of alkyl halides is 1. The Kier molecular flexibility index (Phi) is 4.86. The van der Waals surface area contributed by atoms with Crippen molar-refractivity contribution in [2.45, 2.75) is 18.9 Å². The predicted molar refractivity (Wildman–Crippen MR) is 84.5 cm³/mol. The Labute approximate surface area is 129 Å². The second-order valence-corrected chi connectivity index (χ2v) is 5.49. The van der Waals surface area contributed by atoms with Gasteiger partial charge in [-0.1, -0.05) is 42.5 Å². The number of hydrogen-bond acceptors (Lipinski definition) is 2. The highest BCUT2D eigenvalue weighted by molar-refractivity contribution is 6.18. The van der Waals surface area contributed by atoms with Gasteiger partial charge in [-0.15, -0.1) is 11.6 Å². The predicted octanol–water partition coefficient (Wildman–Crippen LogP) is 3.21. The lowest BCUT2D eigenvalue weighted by atomic mass is 9.93. The highest BCUT2D eigenvalue weighted by Gasteiger charge is 2.27. The fourth-order valence-electron chi connectivity index (χ4n) is 2.19. The number of benzene rings is 2. The zero-order valence-electron chi connectivity index (χ0n) is 11.8. The molecule has 0 aliphatic carbocycles. The van der Waals surface area contributed by atoms with Gasteiger partial charge in [0.1, 0.15) is 5.75 Å². The molecule has 3 nitrogen and oxygen atoms in total. The molecule has 21 heavy (non-hydrogen) atoms. The molecule has 0 saturated carbocycles. The molecule has 0 aliphatic rings. The van der Waals surface area contributed by atoms with Gasteiger partial charge in [-0.3, -0.25) is 4.79 Å². The number of nitrogens with one attached hydrogen (secondary N) is 1. The van der Waals surface area contributed by atoms with E-state index in [0.29, 0.717) is 0 Å². The second kappa shape index (κ2) is 6.64. The average Bonchev–Trinajstić information content (AvgIpc) is 2.48. The Bertz CT molecular complexity index is 615. The summed E-state index contributed by atoms with van der Waals surface area (Å²) < 4.78 is 0. The lowest BCUT2D eigenvalue weighted by Gasteiger charge is -2.29. The van der Waals surface area contributed by atoms with Gasteiger partial charge in [-0.2, -0.15) is 0 Å². The zero-order valence-corrected chi connectivity index (χ0v) is 12.6. The van der Waals surface area contributed by atoms with E-state index in [-0.39, 0.29) is 24.0 Å². The number of aromatic hydroxyl groups is 1. The summed E-state index contributed by atoms with van der Waals surface area (Å²) in [5.41, 5.74) is 1.11. The van der Waals surface area contributed by atoms with Crippen molar-refractivity contribution in [3.05, 3.63) is 65.7 Å². The molecule has 0 aromatic heterocycles. The first-order valence-corrected chi connectivity index (χ1v) is 7.27. The van der Waals surface area contributed by atoms with Crippen LogP contribution in [0.1, 0.15) is 18.1 Å². The summed E-state index contributed by atoms with van der Waals surface area (Å²) in [4.78, 5) is 12.2. The van der Waals surface area contributed by atoms with Crippen LogP contribution in [0.5, 0.6) is 5.75 Å². The number of carbonyl (C=O) groups is 1. The molecule has 0 radical (unpaired) electrons. The van der Waals surface area contributed by atoms with Crippen LogP contribution in [0.2, 0.25) is 0 Å². The summed E-state index contributed by atoms with van der Waals surface area (Å²) in [7, 11) is 0. The lowest BCUT2D eigenvalue weighted by molar-refractivity contribution is -0.122. The van der Waals surface area contributed by atoms with Gasteiger partial charge in [0.15, 0.2) is 0 Å². The van der Waals surface area contributed by atoms with Crippen LogP contribution in [-0.2, 0) is 16.8 Å². The van der Waals surface area contributed by atoms with E-state index in [1.54, 1.807) is 24.3 Å². The molecular weight excluding hydrogens is 286 g/mol. The molecular formula is C17H18ClNO2. The van der Waals surface area contributed by atoms with Crippen LogP contribution in [0, 0.1) is 0 Å². The molecule has 1 amide bonds. The highest BCUT2D eigenvalue weighted by atomic mass is 35.5. The third-order valence-electron chi connectivity index (χ3n) is 3.37. The molecule has 1 unspecified atom stereocenters. The van der Waals surface area contributed by atoms with E-state index in [9.17, 15) is 9.90 Å². The number of hydrogen-bond donors (Lipinski definition) is 2. The third kappa shape index (κ3) is 3.99. The summed E-state index contributed by atoms with van der Waals surface area (Å²) in [6.45, 7) is 1.90. The largest absolute Gasteiger partial charge is 0.508 e. The van der Waals surface area contributed by atoms with Crippen LogP contribution in [0.15, 0.2) is 54.6 Å². The zero-order chi connectivity index (χ0) is 15.3. The van der Waals surface area contributed by atoms with Gasteiger partial charge >= 0.3 is 0 Å². The summed E-state index contributed by atoms with van der Waals surface area (Å²) in [5.74, 6) is 0.305. The number of phenols is 1. The monoisotopic (exact) mass is 303 g/mol. The molecule has 0 saturated heterocycles. The van der Waals surface area contributed by atoms with Crippen molar-refractivity contribution in [2.24, 2.45) is 0 Å². The SMILES string of the molecule is CC(CCl)(NC(=O)Cc1cccc(O)c1)c1ccccc1. The molecule has 2 aromatic rings. The van der Waals surface area contributed by atoms with E-state index in [1.807, 2.05) is 37.3 Å². The number of rotatable bonds is 5. The van der Waals surface area contributed by atoms with Crippen LogP contribution in [0.4, 0.5) is 0 Å². The molecule has 2 N–H and O–H groups in total. The first-order chi connectivity index (χ1) is 10.0. The van der Waals surface area contributed by atoms with Crippen molar-refractivity contribution in [1.82, 2.24) is 5.32 Å². The van der Waals surface area contributed by atoms with E-state index in [1.165, 1.54) is 0 Å². The van der Waals surface area contributed by atoms with Gasteiger partial charge < -0.3 is 10.4 Å². The van der Waals surface area contributed by atoms with Gasteiger partial charge in [0.25, 0.3) is 0 Å². The number of carbonyl (C=O) groups excluding carboxylic acids is 1. The molecule has 2 aromatic carbocycles. The van der Waals surface area contributed by atoms with Crippen LogP contribution in [0.3, 0.4) is 0 Å². The molecule has 0 heterocycles. The van der Waals surface area contributed by atoms with Crippen molar-refractivity contribution in [3.8, 4) is 5.75 Å². The summed E-state index contributed by atoms with van der Waals surface area (Å²) in [6.07, 6.45) is 0.202. The van der Waals surface area contributed by atoms with Gasteiger partial charge in [-0.25, -0.2) is 0 Å². The quantitative estimate of drug-likeness (QED) is 0.833. The summed E-state index contributed by atoms with van der Waals surface area (Å²) >= 11 is 6.06. The average molecular weight is 304 g/mol. The van der Waals surface area contributed by atoms with Crippen molar-refractivity contribution in [3.63, 3.8) is 0 Å². The Hall–Kier alpha value is -2.00. The molecule has 0 fully saturated rings. The maximum Gasteiger partial charge on any atom is 0.225 e. The molecule has 4 heteroatoms. The van der Waals surface area contributed by atoms with E-state index < -0.39 is 5.54 Å². The van der Waals surface area contributed by atoms with Gasteiger partial charge in [0, 0.05) is 5.88 Å². The smallest absolute Gasteiger partial charge is 0.225 e. The van der Waals surface area contributed by atoms with Crippen molar-refractivity contribution in [2.75, 3.05) is 5.88 Å². The van der Waals surface area contributed by atoms with E-state index in [4.69, 9.17) is 11.6 Å². The Morgan fingerprint density at radius 1 is 1.19 bits per heavy atom. The maximum atomic E-state index is 12.2. The normalized spacial score (nSPS) is 13.4. The van der Waals surface area contributed by atoms with Crippen LogP contribution in [-0.4, -0.2) is 16.9 Å². The van der Waals surface area contributed by atoms with E-state index in [0.717, 1.165) is 11.1 Å². The van der Waals surface area contributed by atoms with Crippen LogP contribution in [0.25, 0.3) is 0 Å². The minimum Gasteiger partial charge on any atom is -0.508 e. The highest BCUT2D eigenvalue weighted by Crippen LogP contribution is 2.22. The number of halogens is 1. The Morgan fingerprint density at radius 3 is 2.52 bits per heavy atom. The van der Waals surface area contributed by atoms with Crippen molar-refractivity contribution >= 4 is 17.5 Å². The minimum absolute atomic E-state index is 0.132. The molecule has 0 spiro atoms. The molecule has 1 atom stereocenters. The molecule has 2 rings (SSSR count). The topological polar surface area (TPSA) is 49.3 Å². The number of phenolic OH excluding ortho intramolecular Hbond substituents is 1. The second-order valence-electron chi connectivity index (χ2n) is 5.23. The first kappa shape index (κ1) is 15.4. The van der Waals surface area contributed by atoms with Crippen molar-refractivity contribution in [1.29, 1.82) is 0 Å². The molecule has 0 aliphatic heterocycles. The fraction of sp³-hybridized carbons (Fsp3) is 0.235. The van der Waals surface area contributed by atoms with Crippen LogP contribution < -0.4 is 5.32 Å². The van der Waals surface area contributed by atoms with Gasteiger partial charge in [0.05, 0.1) is 12.0 Å². The fourth-order valence-corrected chi connectivity index (χ4v) is 2.41. The lowest BCUT2D eigenvalue weighted by Crippen LogP contribution is -2.45. The molecule has 0 bridgehead atoms. The number of amides is 1.